The third-order valence-electron chi connectivity index (χ3n) is 2.60. The van der Waals surface area contributed by atoms with E-state index in [0.29, 0.717) is 5.82 Å². The number of nitrogens with one attached hydrogen (secondary N) is 1. The maximum atomic E-state index is 12.0. The van der Waals surface area contributed by atoms with Gasteiger partial charge in [0.1, 0.15) is 11.7 Å². The van der Waals surface area contributed by atoms with Crippen LogP contribution in [0.3, 0.4) is 0 Å². The minimum absolute atomic E-state index is 0.0383. The number of rotatable bonds is 4. The van der Waals surface area contributed by atoms with E-state index in [1.54, 1.807) is 30.9 Å². The molecule has 1 unspecified atom stereocenters. The van der Waals surface area contributed by atoms with Gasteiger partial charge in [0.25, 0.3) is 0 Å². The van der Waals surface area contributed by atoms with Crippen molar-refractivity contribution in [3.05, 3.63) is 30.2 Å². The molecule has 2 N–H and O–H groups in total. The number of nitrogens with zero attached hydrogens (tertiary/aromatic N) is 4. The van der Waals surface area contributed by atoms with Crippen LogP contribution in [-0.2, 0) is 11.8 Å². The zero-order valence-corrected chi connectivity index (χ0v) is 10.4. The average molecular weight is 263 g/mol. The van der Waals surface area contributed by atoms with E-state index in [0.717, 1.165) is 4.68 Å². The van der Waals surface area contributed by atoms with Gasteiger partial charge in [-0.15, -0.1) is 0 Å². The van der Waals surface area contributed by atoms with Crippen LogP contribution in [0.5, 0.6) is 0 Å². The second kappa shape index (κ2) is 4.92. The monoisotopic (exact) mass is 263 g/mol. The number of aryl methyl sites for hydroxylation is 1. The maximum absolute atomic E-state index is 12.0. The zero-order valence-electron chi connectivity index (χ0n) is 10.4. The molecule has 19 heavy (non-hydrogen) atoms. The Balaban J connectivity index is 2.14. The van der Waals surface area contributed by atoms with Gasteiger partial charge in [0.15, 0.2) is 5.82 Å². The molecule has 1 amide bonds. The number of aromatic carboxylic acids is 1. The number of carboxylic acid groups (broad SMARTS) is 1. The molecular weight excluding hydrogens is 250 g/mol. The lowest BCUT2D eigenvalue weighted by Crippen LogP contribution is -2.27. The van der Waals surface area contributed by atoms with Crippen LogP contribution in [0, 0.1) is 0 Å². The first kappa shape index (κ1) is 12.8. The molecule has 2 rings (SSSR count). The zero-order chi connectivity index (χ0) is 14.0. The standard InChI is InChI=1S/C11H13N5O3/c1-7(16-8(11(18)19)3-5-12-16)10(17)13-9-4-6-15(2)14-9/h3-7H,1-2H3,(H,18,19)(H,13,14,17). The number of carbonyl (C=O) groups is 2. The quantitative estimate of drug-likeness (QED) is 0.837. The van der Waals surface area contributed by atoms with Gasteiger partial charge in [0.2, 0.25) is 5.91 Å². The summed E-state index contributed by atoms with van der Waals surface area (Å²) in [6, 6.07) is 2.24. The summed E-state index contributed by atoms with van der Waals surface area (Å²) < 4.78 is 2.71. The van der Waals surface area contributed by atoms with Crippen LogP contribution >= 0.6 is 0 Å². The van der Waals surface area contributed by atoms with Gasteiger partial charge in [-0.3, -0.25) is 9.48 Å². The number of hydrogen-bond acceptors (Lipinski definition) is 4. The lowest BCUT2D eigenvalue weighted by molar-refractivity contribution is -0.119. The molecule has 0 bridgehead atoms. The first-order valence-corrected chi connectivity index (χ1v) is 5.56. The van der Waals surface area contributed by atoms with Crippen molar-refractivity contribution in [1.29, 1.82) is 0 Å². The fourth-order valence-electron chi connectivity index (χ4n) is 1.62. The summed E-state index contributed by atoms with van der Waals surface area (Å²) in [5.74, 6) is -1.11. The molecule has 0 spiro atoms. The van der Waals surface area contributed by atoms with Gasteiger partial charge in [-0.25, -0.2) is 9.48 Å². The minimum atomic E-state index is -1.13. The Hall–Kier alpha value is -2.64. The molecule has 0 aliphatic heterocycles. The molecule has 8 nitrogen and oxygen atoms in total. The van der Waals surface area contributed by atoms with Gasteiger partial charge < -0.3 is 10.4 Å². The van der Waals surface area contributed by atoms with E-state index in [4.69, 9.17) is 5.11 Å². The lowest BCUT2D eigenvalue weighted by Gasteiger charge is -2.13. The third-order valence-corrected chi connectivity index (χ3v) is 2.60. The van der Waals surface area contributed by atoms with Crippen LogP contribution in [0.4, 0.5) is 5.82 Å². The largest absolute Gasteiger partial charge is 0.477 e. The molecule has 0 radical (unpaired) electrons. The summed E-state index contributed by atoms with van der Waals surface area (Å²) in [4.78, 5) is 22.9. The van der Waals surface area contributed by atoms with E-state index in [-0.39, 0.29) is 11.6 Å². The molecule has 2 heterocycles. The van der Waals surface area contributed by atoms with Crippen molar-refractivity contribution in [3.63, 3.8) is 0 Å². The van der Waals surface area contributed by atoms with Gasteiger partial charge in [0, 0.05) is 25.5 Å². The van der Waals surface area contributed by atoms with Crippen LogP contribution in [0.2, 0.25) is 0 Å². The van der Waals surface area contributed by atoms with Gasteiger partial charge in [-0.1, -0.05) is 0 Å². The van der Waals surface area contributed by atoms with Crippen LogP contribution in [0.25, 0.3) is 0 Å². The summed E-state index contributed by atoms with van der Waals surface area (Å²) >= 11 is 0. The normalized spacial score (nSPS) is 12.1. The number of carbonyl (C=O) groups excluding carboxylic acids is 1. The van der Waals surface area contributed by atoms with E-state index in [1.807, 2.05) is 0 Å². The Labute approximate surface area is 108 Å². The van der Waals surface area contributed by atoms with E-state index in [1.165, 1.54) is 12.3 Å². The summed E-state index contributed by atoms with van der Waals surface area (Å²) in [6.45, 7) is 1.57. The predicted molar refractivity (Wildman–Crippen MR) is 65.7 cm³/mol. The van der Waals surface area contributed by atoms with E-state index in [2.05, 4.69) is 15.5 Å². The van der Waals surface area contributed by atoms with Crippen LogP contribution in [-0.4, -0.2) is 36.5 Å². The first-order chi connectivity index (χ1) is 8.99. The van der Waals surface area contributed by atoms with Crippen molar-refractivity contribution in [3.8, 4) is 0 Å². The predicted octanol–water partition coefficient (Wildman–Crippen LogP) is 0.514. The first-order valence-electron chi connectivity index (χ1n) is 5.56. The average Bonchev–Trinajstić information content (AvgIpc) is 2.97. The van der Waals surface area contributed by atoms with Gasteiger partial charge in [-0.05, 0) is 13.0 Å². The Morgan fingerprint density at radius 1 is 1.42 bits per heavy atom. The van der Waals surface area contributed by atoms with Crippen molar-refractivity contribution < 1.29 is 14.7 Å². The van der Waals surface area contributed by atoms with Crippen LogP contribution in [0.15, 0.2) is 24.5 Å². The second-order valence-electron chi connectivity index (χ2n) is 4.01. The van der Waals surface area contributed by atoms with E-state index in [9.17, 15) is 9.59 Å². The van der Waals surface area contributed by atoms with E-state index < -0.39 is 12.0 Å². The molecule has 2 aromatic rings. The molecule has 8 heteroatoms. The van der Waals surface area contributed by atoms with Gasteiger partial charge in [0.05, 0.1) is 0 Å². The Morgan fingerprint density at radius 3 is 2.74 bits per heavy atom. The number of carboxylic acids is 1. The Bertz CT molecular complexity index is 615. The highest BCUT2D eigenvalue weighted by atomic mass is 16.4. The summed E-state index contributed by atoms with van der Waals surface area (Å²) in [6.07, 6.45) is 3.03. The summed E-state index contributed by atoms with van der Waals surface area (Å²) in [7, 11) is 1.73. The lowest BCUT2D eigenvalue weighted by atomic mass is 10.3. The summed E-state index contributed by atoms with van der Waals surface area (Å²) in [5.41, 5.74) is -0.0383. The minimum Gasteiger partial charge on any atom is -0.477 e. The van der Waals surface area contributed by atoms with Crippen molar-refractivity contribution in [2.45, 2.75) is 13.0 Å². The van der Waals surface area contributed by atoms with Crippen molar-refractivity contribution in [1.82, 2.24) is 19.6 Å². The SMILES string of the molecule is CC(C(=O)Nc1ccn(C)n1)n1nccc1C(=O)O. The molecule has 0 aromatic carbocycles. The second-order valence-corrected chi connectivity index (χ2v) is 4.01. The number of aromatic nitrogens is 4. The smallest absolute Gasteiger partial charge is 0.354 e. The highest BCUT2D eigenvalue weighted by molar-refractivity contribution is 5.93. The van der Waals surface area contributed by atoms with Crippen LogP contribution < -0.4 is 5.32 Å². The number of anilines is 1. The molecule has 0 aliphatic rings. The molecule has 100 valence electrons. The molecule has 0 fully saturated rings. The molecular formula is C11H13N5O3. The molecule has 0 saturated heterocycles. The molecule has 0 saturated carbocycles. The Kier molecular flexibility index (Phi) is 3.32. The van der Waals surface area contributed by atoms with Gasteiger partial charge in [-0.2, -0.15) is 10.2 Å². The van der Waals surface area contributed by atoms with Crippen LogP contribution in [0.1, 0.15) is 23.5 Å². The van der Waals surface area contributed by atoms with Crippen molar-refractivity contribution >= 4 is 17.7 Å². The highest BCUT2D eigenvalue weighted by Gasteiger charge is 2.21. The fourth-order valence-corrected chi connectivity index (χ4v) is 1.62. The summed E-state index contributed by atoms with van der Waals surface area (Å²) in [5, 5.41) is 19.4. The van der Waals surface area contributed by atoms with Crippen molar-refractivity contribution in [2.24, 2.45) is 7.05 Å². The molecule has 2 aromatic heterocycles. The molecule has 1 atom stereocenters. The third kappa shape index (κ3) is 2.62. The highest BCUT2D eigenvalue weighted by Crippen LogP contribution is 2.12. The van der Waals surface area contributed by atoms with E-state index >= 15 is 0 Å². The fraction of sp³-hybridized carbons (Fsp3) is 0.273. The maximum Gasteiger partial charge on any atom is 0.354 e. The van der Waals surface area contributed by atoms with Crippen molar-refractivity contribution in [2.75, 3.05) is 5.32 Å². The van der Waals surface area contributed by atoms with Gasteiger partial charge >= 0.3 is 5.97 Å². The Morgan fingerprint density at radius 2 is 2.16 bits per heavy atom. The number of hydrogen-bond donors (Lipinski definition) is 2. The molecule has 0 aliphatic carbocycles. The number of amides is 1. The topological polar surface area (TPSA) is 102 Å².